The zero-order valence-electron chi connectivity index (χ0n) is 41.4. The summed E-state index contributed by atoms with van der Waals surface area (Å²) < 4.78 is 20.5. The van der Waals surface area contributed by atoms with Crippen LogP contribution in [0.5, 0.6) is 0 Å². The largest absolute Gasteiger partial charge is 0.456 e. The molecule has 16 rings (SSSR count). The lowest BCUT2D eigenvalue weighted by molar-refractivity contribution is 0.600. The second-order valence-corrected chi connectivity index (χ2v) is 22.1. The summed E-state index contributed by atoms with van der Waals surface area (Å²) >= 11 is 0. The van der Waals surface area contributed by atoms with Gasteiger partial charge in [0.1, 0.15) is 33.5 Å². The predicted molar refractivity (Wildman–Crippen MR) is 299 cm³/mol. The highest BCUT2D eigenvalue weighted by molar-refractivity contribution is 6.22. The Morgan fingerprint density at radius 1 is 0.370 bits per heavy atom. The van der Waals surface area contributed by atoms with Crippen molar-refractivity contribution in [1.29, 1.82) is 0 Å². The van der Waals surface area contributed by atoms with E-state index in [0.29, 0.717) is 0 Å². The number of para-hydroxylation sites is 3. The first-order chi connectivity index (χ1) is 35.5. The molecule has 13 aromatic rings. The quantitative estimate of drug-likeness (QED) is 0.176. The van der Waals surface area contributed by atoms with Crippen LogP contribution in [0.4, 0.5) is 17.1 Å². The number of anilines is 3. The molecule has 0 saturated carbocycles. The smallest absolute Gasteiger partial charge is 0.145 e. The van der Waals surface area contributed by atoms with Crippen LogP contribution in [0.2, 0.25) is 0 Å². The second kappa shape index (κ2) is 13.8. The maximum absolute atomic E-state index is 7.02. The molecule has 3 aliphatic rings. The molecule has 0 atom stereocenters. The van der Waals surface area contributed by atoms with Crippen molar-refractivity contribution >= 4 is 82.9 Å². The maximum Gasteiger partial charge on any atom is 0.145 e. The molecule has 5 heteroatoms. The number of furan rings is 3. The summed E-state index contributed by atoms with van der Waals surface area (Å²) in [6.45, 7) is 14.4. The van der Waals surface area contributed by atoms with Crippen LogP contribution in [-0.2, 0) is 16.2 Å². The van der Waals surface area contributed by atoms with Gasteiger partial charge in [-0.3, -0.25) is 4.98 Å². The fraction of sp³-hybridized carbons (Fsp3) is 0.132. The molecule has 0 aliphatic heterocycles. The monoisotopic (exact) mass is 940 g/mol. The number of hydrogen-bond donors (Lipinski definition) is 0. The topological polar surface area (TPSA) is 55.6 Å². The minimum atomic E-state index is -0.373. The molecule has 4 heterocycles. The molecule has 3 aliphatic carbocycles. The summed E-state index contributed by atoms with van der Waals surface area (Å²) in [6.07, 6.45) is 1.87. The number of pyridine rings is 1. The highest BCUT2D eigenvalue weighted by Crippen LogP contribution is 2.64. The average molecular weight is 941 g/mol. The van der Waals surface area contributed by atoms with Crippen molar-refractivity contribution in [3.63, 3.8) is 0 Å². The van der Waals surface area contributed by atoms with Gasteiger partial charge in [-0.15, -0.1) is 0 Å². The first-order valence-electron chi connectivity index (χ1n) is 25.5. The van der Waals surface area contributed by atoms with Crippen LogP contribution < -0.4 is 4.90 Å². The lowest BCUT2D eigenvalue weighted by Crippen LogP contribution is -2.24. The van der Waals surface area contributed by atoms with Gasteiger partial charge in [0.2, 0.25) is 0 Å². The standard InChI is InChI=1S/C68H48N2O3/c1-66(2)47-34-37(29-31-40(47)56-49(66)36-45(50-23-15-16-33-69-50)64-59(56)43-20-9-13-26-53(43)72-64)70(51-24-17-28-55-57(51)42-19-8-12-25-52(42)71-55)38-30-32-41-48(35-38)68(5,6)62-58(41)60-44-21-10-14-27-54(44)73-65(60)61-39-18-7-11-22-46(39)67(3,4)63(61)62/h7-36H,1-6H3. The van der Waals surface area contributed by atoms with Gasteiger partial charge in [-0.05, 0) is 134 Å². The second-order valence-electron chi connectivity index (χ2n) is 22.1. The lowest BCUT2D eigenvalue weighted by Gasteiger charge is -2.32. The molecule has 0 fully saturated rings. The first-order valence-corrected chi connectivity index (χ1v) is 25.5. The van der Waals surface area contributed by atoms with Gasteiger partial charge in [0, 0.05) is 71.9 Å². The number of nitrogens with zero attached hydrogens (tertiary/aromatic N) is 2. The predicted octanol–water partition coefficient (Wildman–Crippen LogP) is 18.8. The number of aromatic nitrogens is 1. The third-order valence-corrected chi connectivity index (χ3v) is 17.2. The van der Waals surface area contributed by atoms with Gasteiger partial charge in [0.05, 0.1) is 16.8 Å². The summed E-state index contributed by atoms with van der Waals surface area (Å²) in [5.41, 5.74) is 24.9. The number of benzene rings is 9. The van der Waals surface area contributed by atoms with Crippen LogP contribution in [-0.4, -0.2) is 4.98 Å². The molecule has 0 unspecified atom stereocenters. The van der Waals surface area contributed by atoms with Crippen molar-refractivity contribution in [2.45, 2.75) is 57.8 Å². The van der Waals surface area contributed by atoms with Crippen LogP contribution in [0.15, 0.2) is 195 Å². The van der Waals surface area contributed by atoms with Gasteiger partial charge in [0.25, 0.3) is 0 Å². The SMILES string of the molecule is CC1(C)c2cc(N(c3ccc4c(c3)C(C)(C)c3c5c(c6oc7ccccc7c6c3-4)-c3ccccc3C5(C)C)c3cccc4oc5ccccc5c34)ccc2-c2c1cc(-c1ccccn1)c1oc3ccccc3c21. The molecule has 4 aromatic heterocycles. The summed E-state index contributed by atoms with van der Waals surface area (Å²) in [4.78, 5) is 7.35. The van der Waals surface area contributed by atoms with Crippen molar-refractivity contribution < 1.29 is 13.3 Å². The zero-order valence-corrected chi connectivity index (χ0v) is 41.4. The molecule has 0 N–H and O–H groups in total. The number of hydrogen-bond acceptors (Lipinski definition) is 5. The Morgan fingerprint density at radius 3 is 1.60 bits per heavy atom. The van der Waals surface area contributed by atoms with Crippen molar-refractivity contribution in [3.05, 3.63) is 216 Å². The molecular weight excluding hydrogens is 893 g/mol. The van der Waals surface area contributed by atoms with E-state index < -0.39 is 0 Å². The van der Waals surface area contributed by atoms with E-state index in [4.69, 9.17) is 18.2 Å². The Balaban J connectivity index is 0.955. The van der Waals surface area contributed by atoms with Crippen LogP contribution in [0.1, 0.15) is 74.9 Å². The minimum absolute atomic E-state index is 0.253. The Hall–Kier alpha value is -8.67. The molecule has 73 heavy (non-hydrogen) atoms. The van der Waals surface area contributed by atoms with E-state index in [1.165, 1.54) is 72.1 Å². The summed E-state index contributed by atoms with van der Waals surface area (Å²) in [7, 11) is 0. The molecule has 0 spiro atoms. The molecule has 9 aromatic carbocycles. The Labute approximate surface area is 421 Å². The normalized spacial score (nSPS) is 15.3. The third-order valence-electron chi connectivity index (χ3n) is 17.2. The third kappa shape index (κ3) is 5.14. The molecular formula is C68H48N2O3. The Morgan fingerprint density at radius 2 is 0.904 bits per heavy atom. The molecule has 0 saturated heterocycles. The van der Waals surface area contributed by atoms with Crippen LogP contribution in [0.25, 0.3) is 110 Å². The summed E-state index contributed by atoms with van der Waals surface area (Å²) in [5, 5.41) is 6.77. The van der Waals surface area contributed by atoms with Gasteiger partial charge < -0.3 is 18.2 Å². The molecule has 348 valence electrons. The molecule has 0 radical (unpaired) electrons. The summed E-state index contributed by atoms with van der Waals surface area (Å²) in [5.74, 6) is 0. The van der Waals surface area contributed by atoms with Crippen LogP contribution in [0.3, 0.4) is 0 Å². The van der Waals surface area contributed by atoms with E-state index in [2.05, 4.69) is 216 Å². The van der Waals surface area contributed by atoms with E-state index >= 15 is 0 Å². The maximum atomic E-state index is 7.02. The van der Waals surface area contributed by atoms with Crippen molar-refractivity contribution in [3.8, 4) is 44.6 Å². The van der Waals surface area contributed by atoms with E-state index in [1.807, 2.05) is 12.3 Å². The van der Waals surface area contributed by atoms with Gasteiger partial charge in [-0.1, -0.05) is 145 Å². The highest BCUT2D eigenvalue weighted by atomic mass is 16.3. The van der Waals surface area contributed by atoms with Crippen molar-refractivity contribution in [2.75, 3.05) is 4.90 Å². The van der Waals surface area contributed by atoms with Crippen LogP contribution >= 0.6 is 0 Å². The van der Waals surface area contributed by atoms with Gasteiger partial charge in [-0.2, -0.15) is 0 Å². The zero-order chi connectivity index (χ0) is 48.9. The minimum Gasteiger partial charge on any atom is -0.456 e. The fourth-order valence-electron chi connectivity index (χ4n) is 14.0. The Bertz CT molecular complexity index is 4600. The highest BCUT2D eigenvalue weighted by Gasteiger charge is 2.49. The number of fused-ring (bicyclic) bond motifs is 22. The van der Waals surface area contributed by atoms with E-state index in [-0.39, 0.29) is 16.2 Å². The van der Waals surface area contributed by atoms with E-state index in [1.54, 1.807) is 0 Å². The van der Waals surface area contributed by atoms with Crippen LogP contribution in [0, 0.1) is 0 Å². The van der Waals surface area contributed by atoms with Crippen molar-refractivity contribution in [2.24, 2.45) is 0 Å². The van der Waals surface area contributed by atoms with Gasteiger partial charge in [-0.25, -0.2) is 0 Å². The van der Waals surface area contributed by atoms with Crippen molar-refractivity contribution in [1.82, 2.24) is 4.98 Å². The first kappa shape index (κ1) is 41.0. The van der Waals surface area contributed by atoms with Gasteiger partial charge in [0.15, 0.2) is 0 Å². The van der Waals surface area contributed by atoms with E-state index in [0.717, 1.165) is 88.7 Å². The average Bonchev–Trinajstić information content (AvgIpc) is 4.25. The molecule has 0 bridgehead atoms. The summed E-state index contributed by atoms with van der Waals surface area (Å²) in [6, 6.07) is 63.8. The fourth-order valence-corrected chi connectivity index (χ4v) is 14.0. The molecule has 5 nitrogen and oxygen atoms in total. The van der Waals surface area contributed by atoms with Gasteiger partial charge >= 0.3 is 0 Å². The van der Waals surface area contributed by atoms with E-state index in [9.17, 15) is 0 Å². The Kier molecular flexibility index (Phi) is 7.77. The molecule has 0 amide bonds. The number of rotatable bonds is 4. The lowest BCUT2D eigenvalue weighted by atomic mass is 9.72.